The summed E-state index contributed by atoms with van der Waals surface area (Å²) in [6.45, 7) is 5.73. The third-order valence-corrected chi connectivity index (χ3v) is 3.03. The maximum absolute atomic E-state index is 11.8. The van der Waals surface area contributed by atoms with Crippen molar-refractivity contribution in [3.63, 3.8) is 0 Å². The molecule has 3 amide bonds. The molecule has 0 spiro atoms. The number of carbonyl (C=O) groups is 2. The Morgan fingerprint density at radius 3 is 2.52 bits per heavy atom. The molecule has 6 nitrogen and oxygen atoms in total. The number of rotatable bonds is 9. The molecule has 0 aromatic heterocycles. The van der Waals surface area contributed by atoms with E-state index in [-0.39, 0.29) is 24.9 Å². The highest BCUT2D eigenvalue weighted by Gasteiger charge is 2.12. The molecule has 0 unspecified atom stereocenters. The fourth-order valence-electron chi connectivity index (χ4n) is 1.96. The summed E-state index contributed by atoms with van der Waals surface area (Å²) in [4.78, 5) is 25.2. The second-order valence-corrected chi connectivity index (χ2v) is 4.85. The van der Waals surface area contributed by atoms with Crippen LogP contribution in [0, 0.1) is 0 Å². The normalized spacial score (nSPS) is 9.83. The van der Waals surface area contributed by atoms with Crippen molar-refractivity contribution in [1.82, 2.24) is 15.5 Å². The highest BCUT2D eigenvalue weighted by molar-refractivity contribution is 5.95. The lowest BCUT2D eigenvalue weighted by Crippen LogP contribution is -2.45. The van der Waals surface area contributed by atoms with E-state index in [0.717, 1.165) is 6.42 Å². The van der Waals surface area contributed by atoms with Crippen LogP contribution in [0.1, 0.15) is 5.56 Å². The average molecular weight is 341 g/mol. The number of nitrogens with two attached hydrogens (primary N) is 1. The summed E-state index contributed by atoms with van der Waals surface area (Å²) >= 11 is 0. The van der Waals surface area contributed by atoms with E-state index in [0.29, 0.717) is 26.2 Å². The second kappa shape index (κ2) is 12.6. The van der Waals surface area contributed by atoms with Gasteiger partial charge in [0.05, 0.1) is 6.54 Å². The van der Waals surface area contributed by atoms with Crippen LogP contribution in [-0.4, -0.2) is 49.6 Å². The molecule has 0 radical (unpaired) electrons. The molecule has 128 valence electrons. The van der Waals surface area contributed by atoms with E-state index in [2.05, 4.69) is 17.2 Å². The molecule has 4 N–H and O–H groups in total. The zero-order chi connectivity index (χ0) is 16.2. The Bertz CT molecular complexity index is 482. The Morgan fingerprint density at radius 2 is 1.91 bits per heavy atom. The van der Waals surface area contributed by atoms with Crippen LogP contribution in [0.5, 0.6) is 0 Å². The Hall–Kier alpha value is -1.89. The topological polar surface area (TPSA) is 87.5 Å². The molecule has 23 heavy (non-hydrogen) atoms. The molecule has 0 aliphatic rings. The van der Waals surface area contributed by atoms with Crippen LogP contribution in [0.4, 0.5) is 4.79 Å². The smallest absolute Gasteiger partial charge is 0.321 e. The largest absolute Gasteiger partial charge is 0.334 e. The Kier molecular flexibility index (Phi) is 11.6. The fraction of sp³-hybridized carbons (Fsp3) is 0.375. The molecule has 7 heteroatoms. The number of urea groups is 1. The fourth-order valence-corrected chi connectivity index (χ4v) is 1.96. The minimum absolute atomic E-state index is 0. The predicted molar refractivity (Wildman–Crippen MR) is 94.6 cm³/mol. The first-order valence-corrected chi connectivity index (χ1v) is 7.30. The van der Waals surface area contributed by atoms with Gasteiger partial charge in [0.25, 0.3) is 0 Å². The Morgan fingerprint density at radius 1 is 1.22 bits per heavy atom. The summed E-state index contributed by atoms with van der Waals surface area (Å²) in [7, 11) is 0. The third-order valence-electron chi connectivity index (χ3n) is 3.03. The second-order valence-electron chi connectivity index (χ2n) is 4.85. The predicted octanol–water partition coefficient (Wildman–Crippen LogP) is 0.923. The first-order valence-electron chi connectivity index (χ1n) is 7.30. The molecule has 0 aliphatic heterocycles. The van der Waals surface area contributed by atoms with Crippen LogP contribution in [0.15, 0.2) is 43.0 Å². The van der Waals surface area contributed by atoms with E-state index in [9.17, 15) is 9.59 Å². The number of imide groups is 1. The number of amides is 3. The maximum atomic E-state index is 11.8. The van der Waals surface area contributed by atoms with Crippen molar-refractivity contribution in [3.8, 4) is 0 Å². The van der Waals surface area contributed by atoms with Crippen molar-refractivity contribution in [2.75, 3.05) is 32.7 Å². The van der Waals surface area contributed by atoms with Gasteiger partial charge in [0.2, 0.25) is 5.91 Å². The van der Waals surface area contributed by atoms with E-state index >= 15 is 0 Å². The van der Waals surface area contributed by atoms with Crippen molar-refractivity contribution in [2.45, 2.75) is 6.42 Å². The lowest BCUT2D eigenvalue weighted by atomic mass is 10.1. The maximum Gasteiger partial charge on any atom is 0.321 e. The number of hydrogen-bond acceptors (Lipinski definition) is 4. The quantitative estimate of drug-likeness (QED) is 0.583. The number of nitrogens with zero attached hydrogens (tertiary/aromatic N) is 1. The van der Waals surface area contributed by atoms with Gasteiger partial charge in [-0.3, -0.25) is 15.0 Å². The summed E-state index contributed by atoms with van der Waals surface area (Å²) in [5, 5.41) is 4.78. The summed E-state index contributed by atoms with van der Waals surface area (Å²) in [6.07, 6.45) is 2.38. The van der Waals surface area contributed by atoms with Crippen LogP contribution in [-0.2, 0) is 11.2 Å². The first kappa shape index (κ1) is 21.1. The van der Waals surface area contributed by atoms with Gasteiger partial charge in [-0.2, -0.15) is 0 Å². The molecule has 1 rings (SSSR count). The van der Waals surface area contributed by atoms with Crippen molar-refractivity contribution < 1.29 is 9.59 Å². The SMILES string of the molecule is C=CCNC(=O)NC(=O)CN(CCN)CCc1ccccc1.Cl. The van der Waals surface area contributed by atoms with Crippen molar-refractivity contribution in [1.29, 1.82) is 0 Å². The lowest BCUT2D eigenvalue weighted by molar-refractivity contribution is -0.121. The highest BCUT2D eigenvalue weighted by atomic mass is 35.5. The van der Waals surface area contributed by atoms with Gasteiger partial charge in [0.15, 0.2) is 0 Å². The minimum atomic E-state index is -0.513. The number of benzene rings is 1. The molecule has 0 atom stereocenters. The molecule has 0 aliphatic carbocycles. The van der Waals surface area contributed by atoms with Crippen LogP contribution >= 0.6 is 12.4 Å². The van der Waals surface area contributed by atoms with Crippen LogP contribution in [0.25, 0.3) is 0 Å². The van der Waals surface area contributed by atoms with Gasteiger partial charge in [-0.05, 0) is 12.0 Å². The summed E-state index contributed by atoms with van der Waals surface area (Å²) in [6, 6.07) is 9.52. The van der Waals surface area contributed by atoms with E-state index in [4.69, 9.17) is 5.73 Å². The zero-order valence-electron chi connectivity index (χ0n) is 13.2. The minimum Gasteiger partial charge on any atom is -0.334 e. The Labute approximate surface area is 143 Å². The van der Waals surface area contributed by atoms with Gasteiger partial charge in [-0.25, -0.2) is 4.79 Å². The lowest BCUT2D eigenvalue weighted by Gasteiger charge is -2.20. The van der Waals surface area contributed by atoms with E-state index in [1.54, 1.807) is 6.08 Å². The molecular formula is C16H25ClN4O2. The number of nitrogens with one attached hydrogen (secondary N) is 2. The van der Waals surface area contributed by atoms with Gasteiger partial charge < -0.3 is 11.1 Å². The van der Waals surface area contributed by atoms with Gasteiger partial charge in [0.1, 0.15) is 0 Å². The van der Waals surface area contributed by atoms with Crippen molar-refractivity contribution in [2.24, 2.45) is 5.73 Å². The summed E-state index contributed by atoms with van der Waals surface area (Å²) in [5.74, 6) is -0.344. The molecule has 1 aromatic carbocycles. The highest BCUT2D eigenvalue weighted by Crippen LogP contribution is 2.01. The van der Waals surface area contributed by atoms with Crippen molar-refractivity contribution >= 4 is 24.3 Å². The molecule has 0 saturated carbocycles. The number of halogens is 1. The molecule has 0 fully saturated rings. The summed E-state index contributed by atoms with van der Waals surface area (Å²) in [5.41, 5.74) is 6.78. The van der Waals surface area contributed by atoms with Gasteiger partial charge >= 0.3 is 6.03 Å². The van der Waals surface area contributed by atoms with E-state index in [1.165, 1.54) is 5.56 Å². The zero-order valence-corrected chi connectivity index (χ0v) is 14.0. The standard InChI is InChI=1S/C16H24N4O2.ClH/c1-2-10-18-16(22)19-15(21)13-20(12-9-17)11-8-14-6-4-3-5-7-14;/h2-7H,1,8-13,17H2,(H2,18,19,21,22);1H. The molecule has 0 bridgehead atoms. The van der Waals surface area contributed by atoms with Crippen LogP contribution in [0.2, 0.25) is 0 Å². The van der Waals surface area contributed by atoms with Crippen LogP contribution < -0.4 is 16.4 Å². The number of carbonyl (C=O) groups excluding carboxylic acids is 2. The molecule has 0 heterocycles. The van der Waals surface area contributed by atoms with Crippen LogP contribution in [0.3, 0.4) is 0 Å². The van der Waals surface area contributed by atoms with E-state index in [1.807, 2.05) is 35.2 Å². The van der Waals surface area contributed by atoms with Gasteiger partial charge in [-0.15, -0.1) is 19.0 Å². The molecule has 1 aromatic rings. The third kappa shape index (κ3) is 9.67. The molecule has 0 saturated heterocycles. The Balaban J connectivity index is 0.00000484. The first-order chi connectivity index (χ1) is 10.7. The van der Waals surface area contributed by atoms with Crippen molar-refractivity contribution in [3.05, 3.63) is 48.6 Å². The monoisotopic (exact) mass is 340 g/mol. The number of hydrogen-bond donors (Lipinski definition) is 3. The van der Waals surface area contributed by atoms with Gasteiger partial charge in [-0.1, -0.05) is 36.4 Å². The van der Waals surface area contributed by atoms with E-state index < -0.39 is 6.03 Å². The average Bonchev–Trinajstić information content (AvgIpc) is 2.51. The van der Waals surface area contributed by atoms with Gasteiger partial charge in [0, 0.05) is 26.2 Å². The molecular weight excluding hydrogens is 316 g/mol. The summed E-state index contributed by atoms with van der Waals surface area (Å²) < 4.78 is 0.